The van der Waals surface area contributed by atoms with E-state index in [2.05, 4.69) is 5.32 Å². The van der Waals surface area contributed by atoms with Crippen molar-refractivity contribution < 1.29 is 8.42 Å². The molecule has 1 aromatic carbocycles. The van der Waals surface area contributed by atoms with Crippen molar-refractivity contribution in [1.82, 2.24) is 5.32 Å². The summed E-state index contributed by atoms with van der Waals surface area (Å²) in [6.45, 7) is 0. The van der Waals surface area contributed by atoms with Crippen LogP contribution in [0.2, 0.25) is 0 Å². The quantitative estimate of drug-likeness (QED) is 0.859. The Morgan fingerprint density at radius 2 is 1.84 bits per heavy atom. The van der Waals surface area contributed by atoms with Crippen LogP contribution in [-0.2, 0) is 9.84 Å². The number of nitrogens with one attached hydrogen (secondary N) is 1. The molecule has 1 aliphatic heterocycles. The van der Waals surface area contributed by atoms with Gasteiger partial charge in [-0.2, -0.15) is 0 Å². The van der Waals surface area contributed by atoms with Crippen molar-refractivity contribution in [2.24, 2.45) is 0 Å². The second-order valence-electron chi connectivity index (χ2n) is 4.65. The van der Waals surface area contributed by atoms with Gasteiger partial charge in [-0.25, -0.2) is 8.42 Å². The molecule has 0 aromatic heterocycles. The number of hydrogen-bond donors (Lipinski definition) is 1. The molecule has 1 fully saturated rings. The van der Waals surface area contributed by atoms with Gasteiger partial charge in [-0.3, -0.25) is 0 Å². The smallest absolute Gasteiger partial charge is 0.209 e. The number of rotatable bonds is 3. The van der Waals surface area contributed by atoms with E-state index in [1.807, 2.05) is 30.3 Å². The van der Waals surface area contributed by atoms with E-state index in [9.17, 15) is 8.42 Å². The molecule has 3 nitrogen and oxygen atoms in total. The maximum atomic E-state index is 11.5. The van der Waals surface area contributed by atoms with Crippen LogP contribution in [0.25, 0.3) is 0 Å². The summed E-state index contributed by atoms with van der Waals surface area (Å²) in [7, 11) is -2.96. The second kappa shape index (κ2) is 5.78. The summed E-state index contributed by atoms with van der Waals surface area (Å²) in [6.07, 6.45) is 0.548. The highest BCUT2D eigenvalue weighted by molar-refractivity contribution is 7.91. The Kier molecular flexibility index (Phi) is 4.68. The van der Waals surface area contributed by atoms with Crippen LogP contribution in [0, 0.1) is 0 Å². The molecule has 0 radical (unpaired) electrons. The Labute approximate surface area is 128 Å². The zero-order valence-corrected chi connectivity index (χ0v) is 13.1. The van der Waals surface area contributed by atoms with Gasteiger partial charge >= 0.3 is 0 Å². The van der Waals surface area contributed by atoms with E-state index in [0.29, 0.717) is 6.42 Å². The lowest BCUT2D eigenvalue weighted by Crippen LogP contribution is -2.40. The minimum atomic E-state index is -2.96. The van der Waals surface area contributed by atoms with Crippen molar-refractivity contribution in [2.75, 3.05) is 11.5 Å². The number of benzene rings is 1. The Hall–Kier alpha value is -0.000000000000000111. The number of sulfone groups is 1. The van der Waals surface area contributed by atoms with Crippen LogP contribution in [-0.4, -0.2) is 29.8 Å². The summed E-state index contributed by atoms with van der Waals surface area (Å²) < 4.78 is 21.4. The van der Waals surface area contributed by atoms with Crippen molar-refractivity contribution in [3.63, 3.8) is 0 Å². The van der Waals surface area contributed by atoms with E-state index in [1.54, 1.807) is 0 Å². The van der Waals surface area contributed by atoms with Crippen LogP contribution in [0.5, 0.6) is 0 Å². The minimum absolute atomic E-state index is 0.0943. The molecule has 0 bridgehead atoms. The molecule has 2 rings (SSSR count). The largest absolute Gasteiger partial charge is 0.303 e. The summed E-state index contributed by atoms with van der Waals surface area (Å²) in [5, 5.41) is 3.15. The van der Waals surface area contributed by atoms with Crippen LogP contribution in [0.15, 0.2) is 30.3 Å². The van der Waals surface area contributed by atoms with Gasteiger partial charge in [-0.1, -0.05) is 65.1 Å². The molecule has 0 spiro atoms. The molecule has 1 N–H and O–H groups in total. The van der Waals surface area contributed by atoms with Crippen LogP contribution < -0.4 is 5.32 Å². The van der Waals surface area contributed by atoms with Crippen LogP contribution in [0.4, 0.5) is 0 Å². The van der Waals surface area contributed by atoms with Gasteiger partial charge < -0.3 is 5.32 Å². The molecule has 0 saturated carbocycles. The lowest BCUT2D eigenvalue weighted by atomic mass is 10.1. The van der Waals surface area contributed by atoms with Crippen molar-refractivity contribution >= 4 is 44.6 Å². The Morgan fingerprint density at radius 1 is 1.21 bits per heavy atom. The third-order valence-corrected chi connectivity index (χ3v) is 5.52. The van der Waals surface area contributed by atoms with Crippen molar-refractivity contribution in [3.8, 4) is 0 Å². The maximum absolute atomic E-state index is 11.5. The van der Waals surface area contributed by atoms with Crippen molar-refractivity contribution in [1.29, 1.82) is 0 Å². The fourth-order valence-corrected chi connectivity index (χ4v) is 4.44. The molecule has 0 amide bonds. The third kappa shape index (κ3) is 4.23. The highest BCUT2D eigenvalue weighted by Gasteiger charge is 2.38. The van der Waals surface area contributed by atoms with Gasteiger partial charge in [0.15, 0.2) is 9.84 Å². The van der Waals surface area contributed by atoms with Gasteiger partial charge in [-0.05, 0) is 12.0 Å². The molecule has 106 valence electrons. The molecular formula is C12H14Cl3NO2S. The van der Waals surface area contributed by atoms with Gasteiger partial charge in [0.05, 0.1) is 17.5 Å². The monoisotopic (exact) mass is 341 g/mol. The van der Waals surface area contributed by atoms with Crippen LogP contribution >= 0.6 is 34.8 Å². The first kappa shape index (κ1) is 15.4. The lowest BCUT2D eigenvalue weighted by Gasteiger charge is -2.28. The Morgan fingerprint density at radius 3 is 2.32 bits per heavy atom. The number of hydrogen-bond acceptors (Lipinski definition) is 3. The summed E-state index contributed by atoms with van der Waals surface area (Å²) >= 11 is 18.0. The minimum Gasteiger partial charge on any atom is -0.303 e. The molecule has 0 unspecified atom stereocenters. The van der Waals surface area contributed by atoms with E-state index in [-0.39, 0.29) is 17.5 Å². The second-order valence-corrected chi connectivity index (χ2v) is 9.25. The van der Waals surface area contributed by atoms with E-state index in [4.69, 9.17) is 34.8 Å². The summed E-state index contributed by atoms with van der Waals surface area (Å²) in [6, 6.07) is 8.57. The lowest BCUT2D eigenvalue weighted by molar-refractivity contribution is 0.464. The zero-order valence-electron chi connectivity index (χ0n) is 10.0. The Bertz CT molecular complexity index is 528. The molecule has 0 aliphatic carbocycles. The Balaban J connectivity index is 2.17. The van der Waals surface area contributed by atoms with E-state index in [1.165, 1.54) is 0 Å². The molecule has 1 saturated heterocycles. The molecule has 2 atom stereocenters. The number of halogens is 3. The fourth-order valence-electron chi connectivity index (χ4n) is 2.19. The first-order valence-corrected chi connectivity index (χ1v) is 8.81. The van der Waals surface area contributed by atoms with Crippen LogP contribution in [0.1, 0.15) is 18.0 Å². The summed E-state index contributed by atoms with van der Waals surface area (Å²) in [5.41, 5.74) is 0.826. The van der Waals surface area contributed by atoms with E-state index in [0.717, 1.165) is 5.56 Å². The molecule has 1 aliphatic rings. The predicted octanol–water partition coefficient (Wildman–Crippen LogP) is 2.87. The van der Waals surface area contributed by atoms with Gasteiger partial charge in [0.1, 0.15) is 0 Å². The predicted molar refractivity (Wildman–Crippen MR) is 79.7 cm³/mol. The van der Waals surface area contributed by atoms with E-state index >= 15 is 0 Å². The molecule has 7 heteroatoms. The molecule has 1 aromatic rings. The molecule has 1 heterocycles. The van der Waals surface area contributed by atoms with Gasteiger partial charge in [0.25, 0.3) is 0 Å². The standard InChI is InChI=1S/C12H14Cl3NO2S/c13-12(14,15)11(9-4-2-1-3-5-9)16-10-6-7-19(17,18)8-10/h1-5,10-11,16H,6-8H2/t10-,11+/m0/s1. The van der Waals surface area contributed by atoms with Gasteiger partial charge in [0.2, 0.25) is 3.79 Å². The van der Waals surface area contributed by atoms with Crippen molar-refractivity contribution in [2.45, 2.75) is 22.3 Å². The summed E-state index contributed by atoms with van der Waals surface area (Å²) in [4.78, 5) is 0. The third-order valence-electron chi connectivity index (χ3n) is 3.10. The van der Waals surface area contributed by atoms with Crippen molar-refractivity contribution in [3.05, 3.63) is 35.9 Å². The average molecular weight is 343 g/mol. The first-order valence-electron chi connectivity index (χ1n) is 5.86. The average Bonchev–Trinajstić information content (AvgIpc) is 2.65. The number of alkyl halides is 3. The molecular weight excluding hydrogens is 329 g/mol. The highest BCUT2D eigenvalue weighted by atomic mass is 35.6. The van der Waals surface area contributed by atoms with Gasteiger partial charge in [-0.15, -0.1) is 0 Å². The van der Waals surface area contributed by atoms with E-state index < -0.39 is 19.7 Å². The normalized spacial score (nSPS) is 24.3. The fraction of sp³-hybridized carbons (Fsp3) is 0.500. The van der Waals surface area contributed by atoms with Crippen LogP contribution in [0.3, 0.4) is 0 Å². The first-order chi connectivity index (χ1) is 8.78. The summed E-state index contributed by atoms with van der Waals surface area (Å²) in [5.74, 6) is 0.281. The molecule has 19 heavy (non-hydrogen) atoms. The topological polar surface area (TPSA) is 46.2 Å². The highest BCUT2D eigenvalue weighted by Crippen LogP contribution is 2.40. The van der Waals surface area contributed by atoms with Gasteiger partial charge in [0, 0.05) is 6.04 Å². The zero-order chi connectivity index (χ0) is 14.1. The maximum Gasteiger partial charge on any atom is 0.209 e. The SMILES string of the molecule is O=S1(=O)CC[C@H](N[C@H](c2ccccc2)C(Cl)(Cl)Cl)C1.